The standard InChI is InChI=1S/C14H20F2N2O/c1-10-2-3-11(14(16)13(10)15)12(4-9-19)18-7-5-17-6-8-18/h2-3,12,17,19H,4-9H2,1H3/t12-/m0/s1. The Balaban J connectivity index is 2.30. The van der Waals surface area contributed by atoms with E-state index in [0.717, 1.165) is 26.2 Å². The number of hydrogen-bond donors (Lipinski definition) is 2. The first-order valence-electron chi connectivity index (χ1n) is 6.65. The molecule has 1 aliphatic heterocycles. The largest absolute Gasteiger partial charge is 0.396 e. The Morgan fingerprint density at radius 3 is 2.58 bits per heavy atom. The number of nitrogens with zero attached hydrogens (tertiary/aromatic N) is 1. The summed E-state index contributed by atoms with van der Waals surface area (Å²) in [4.78, 5) is 2.10. The van der Waals surface area contributed by atoms with Crippen LogP contribution in [-0.4, -0.2) is 42.8 Å². The highest BCUT2D eigenvalue weighted by molar-refractivity contribution is 5.28. The summed E-state index contributed by atoms with van der Waals surface area (Å²) in [6.07, 6.45) is 0.416. The zero-order valence-electron chi connectivity index (χ0n) is 11.1. The molecule has 1 aromatic rings. The van der Waals surface area contributed by atoms with Gasteiger partial charge in [-0.3, -0.25) is 4.90 Å². The molecule has 0 bridgehead atoms. The van der Waals surface area contributed by atoms with Gasteiger partial charge in [0.15, 0.2) is 11.6 Å². The van der Waals surface area contributed by atoms with Crippen molar-refractivity contribution in [3.63, 3.8) is 0 Å². The van der Waals surface area contributed by atoms with Gasteiger partial charge >= 0.3 is 0 Å². The number of halogens is 2. The van der Waals surface area contributed by atoms with E-state index in [9.17, 15) is 13.9 Å². The molecule has 2 N–H and O–H groups in total. The summed E-state index contributed by atoms with van der Waals surface area (Å²) in [7, 11) is 0. The number of aryl methyl sites for hydroxylation is 1. The van der Waals surface area contributed by atoms with Gasteiger partial charge in [-0.15, -0.1) is 0 Å². The summed E-state index contributed by atoms with van der Waals surface area (Å²) in [6.45, 7) is 4.73. The maximum atomic E-state index is 14.1. The van der Waals surface area contributed by atoms with E-state index in [2.05, 4.69) is 10.2 Å². The van der Waals surface area contributed by atoms with Crippen molar-refractivity contribution in [2.45, 2.75) is 19.4 Å². The van der Waals surface area contributed by atoms with Gasteiger partial charge in [0.2, 0.25) is 0 Å². The molecule has 1 heterocycles. The number of aliphatic hydroxyl groups is 1. The van der Waals surface area contributed by atoms with Crippen molar-refractivity contribution in [1.29, 1.82) is 0 Å². The van der Waals surface area contributed by atoms with Crippen molar-refractivity contribution in [3.8, 4) is 0 Å². The lowest BCUT2D eigenvalue weighted by Crippen LogP contribution is -2.45. The molecular weight excluding hydrogens is 250 g/mol. The van der Waals surface area contributed by atoms with Crippen molar-refractivity contribution >= 4 is 0 Å². The minimum absolute atomic E-state index is 0.0382. The van der Waals surface area contributed by atoms with Gasteiger partial charge in [-0.2, -0.15) is 0 Å². The van der Waals surface area contributed by atoms with Crippen LogP contribution in [0, 0.1) is 18.6 Å². The second-order valence-electron chi connectivity index (χ2n) is 4.91. The molecule has 0 saturated carbocycles. The summed E-state index contributed by atoms with van der Waals surface area (Å²) >= 11 is 0. The maximum Gasteiger partial charge on any atom is 0.163 e. The van der Waals surface area contributed by atoms with E-state index in [4.69, 9.17) is 0 Å². The number of aliphatic hydroxyl groups excluding tert-OH is 1. The highest BCUT2D eigenvalue weighted by Crippen LogP contribution is 2.29. The molecule has 2 rings (SSSR count). The molecular formula is C14H20F2N2O. The minimum atomic E-state index is -0.782. The van der Waals surface area contributed by atoms with Gasteiger partial charge in [0.05, 0.1) is 0 Å². The molecule has 1 saturated heterocycles. The summed E-state index contributed by atoms with van der Waals surface area (Å²) in [6, 6.07) is 2.97. The van der Waals surface area contributed by atoms with E-state index in [1.54, 1.807) is 19.1 Å². The third-order valence-corrected chi connectivity index (χ3v) is 3.66. The van der Waals surface area contributed by atoms with Crippen LogP contribution in [-0.2, 0) is 0 Å². The van der Waals surface area contributed by atoms with Gasteiger partial charge in [0.25, 0.3) is 0 Å². The van der Waals surface area contributed by atoms with Gasteiger partial charge in [-0.05, 0) is 18.9 Å². The fourth-order valence-electron chi connectivity index (χ4n) is 2.57. The number of piperazine rings is 1. The van der Waals surface area contributed by atoms with Crippen LogP contribution < -0.4 is 5.32 Å². The molecule has 1 aliphatic rings. The third kappa shape index (κ3) is 3.11. The van der Waals surface area contributed by atoms with E-state index in [0.29, 0.717) is 17.5 Å². The van der Waals surface area contributed by atoms with Crippen LogP contribution in [0.3, 0.4) is 0 Å². The topological polar surface area (TPSA) is 35.5 Å². The Kier molecular flexibility index (Phi) is 4.85. The fraction of sp³-hybridized carbons (Fsp3) is 0.571. The molecule has 0 radical (unpaired) electrons. The summed E-state index contributed by atoms with van der Waals surface area (Å²) in [5.74, 6) is -1.56. The third-order valence-electron chi connectivity index (χ3n) is 3.66. The molecule has 0 aromatic heterocycles. The summed E-state index contributed by atoms with van der Waals surface area (Å²) in [5, 5.41) is 12.4. The molecule has 1 aromatic carbocycles. The second-order valence-corrected chi connectivity index (χ2v) is 4.91. The molecule has 0 amide bonds. The van der Waals surface area contributed by atoms with Gasteiger partial charge in [-0.25, -0.2) is 8.78 Å². The zero-order valence-corrected chi connectivity index (χ0v) is 11.1. The van der Waals surface area contributed by atoms with E-state index in [1.165, 1.54) is 0 Å². The first-order chi connectivity index (χ1) is 9.15. The molecule has 0 unspecified atom stereocenters. The Morgan fingerprint density at radius 2 is 1.95 bits per heavy atom. The lowest BCUT2D eigenvalue weighted by Gasteiger charge is -2.35. The summed E-state index contributed by atoms with van der Waals surface area (Å²) < 4.78 is 27.8. The van der Waals surface area contributed by atoms with Crippen LogP contribution in [0.15, 0.2) is 12.1 Å². The molecule has 19 heavy (non-hydrogen) atoms. The maximum absolute atomic E-state index is 14.1. The highest BCUT2D eigenvalue weighted by atomic mass is 19.2. The highest BCUT2D eigenvalue weighted by Gasteiger charge is 2.25. The average Bonchev–Trinajstić information content (AvgIpc) is 2.44. The molecule has 5 heteroatoms. The predicted molar refractivity (Wildman–Crippen MR) is 70.0 cm³/mol. The first-order valence-corrected chi connectivity index (χ1v) is 6.65. The monoisotopic (exact) mass is 270 g/mol. The van der Waals surface area contributed by atoms with Crippen LogP contribution in [0.2, 0.25) is 0 Å². The van der Waals surface area contributed by atoms with Crippen molar-refractivity contribution in [2.24, 2.45) is 0 Å². The van der Waals surface area contributed by atoms with Crippen LogP contribution in [0.5, 0.6) is 0 Å². The average molecular weight is 270 g/mol. The van der Waals surface area contributed by atoms with Gasteiger partial charge in [0.1, 0.15) is 0 Å². The predicted octanol–water partition coefficient (Wildman–Crippen LogP) is 1.60. The van der Waals surface area contributed by atoms with Gasteiger partial charge in [0, 0.05) is 44.4 Å². The van der Waals surface area contributed by atoms with Crippen LogP contribution in [0.4, 0.5) is 8.78 Å². The van der Waals surface area contributed by atoms with Gasteiger partial charge < -0.3 is 10.4 Å². The lowest BCUT2D eigenvalue weighted by atomic mass is 9.99. The molecule has 3 nitrogen and oxygen atoms in total. The van der Waals surface area contributed by atoms with Crippen LogP contribution in [0.1, 0.15) is 23.6 Å². The Bertz CT molecular complexity index is 434. The number of rotatable bonds is 4. The number of nitrogens with one attached hydrogen (secondary N) is 1. The molecule has 1 atom stereocenters. The Hall–Kier alpha value is -1.04. The van der Waals surface area contributed by atoms with Crippen molar-refractivity contribution in [1.82, 2.24) is 10.2 Å². The fourth-order valence-corrected chi connectivity index (χ4v) is 2.57. The number of benzene rings is 1. The van der Waals surface area contributed by atoms with Crippen molar-refractivity contribution in [3.05, 3.63) is 34.9 Å². The quantitative estimate of drug-likeness (QED) is 0.872. The van der Waals surface area contributed by atoms with E-state index < -0.39 is 11.6 Å². The van der Waals surface area contributed by atoms with E-state index >= 15 is 0 Å². The van der Waals surface area contributed by atoms with Crippen molar-refractivity contribution < 1.29 is 13.9 Å². The van der Waals surface area contributed by atoms with E-state index in [1.807, 2.05) is 0 Å². The Labute approximate surface area is 112 Å². The lowest BCUT2D eigenvalue weighted by molar-refractivity contribution is 0.138. The zero-order chi connectivity index (χ0) is 13.8. The Morgan fingerprint density at radius 1 is 1.26 bits per heavy atom. The minimum Gasteiger partial charge on any atom is -0.396 e. The van der Waals surface area contributed by atoms with Gasteiger partial charge in [-0.1, -0.05) is 12.1 Å². The second kappa shape index (κ2) is 6.41. The summed E-state index contributed by atoms with van der Waals surface area (Å²) in [5.41, 5.74) is 0.656. The van der Waals surface area contributed by atoms with Crippen molar-refractivity contribution in [2.75, 3.05) is 32.8 Å². The number of hydrogen-bond acceptors (Lipinski definition) is 3. The normalized spacial score (nSPS) is 18.5. The van der Waals surface area contributed by atoms with Crippen LogP contribution in [0.25, 0.3) is 0 Å². The molecule has 106 valence electrons. The molecule has 1 fully saturated rings. The van der Waals surface area contributed by atoms with Crippen LogP contribution >= 0.6 is 0 Å². The smallest absolute Gasteiger partial charge is 0.163 e. The molecule has 0 spiro atoms. The first kappa shape index (κ1) is 14.4. The SMILES string of the molecule is Cc1ccc([C@H](CCO)N2CCNCC2)c(F)c1F. The van der Waals surface area contributed by atoms with E-state index in [-0.39, 0.29) is 12.6 Å². The molecule has 0 aliphatic carbocycles.